The standard InChI is InChI=1S/C70H100Cl2F3N11O11/c1-16-18-24-53-66(94)86(15)56(37-46-22-20-19-21-23-46)64(92)78-54(33-42(3)4)67(95)83(12)45(8)35-59(88)84(13)55(34-43(5)6)65(93)79-62(44(7)17-2)69(97)82(11)40-60(89)80(9)41-61(90)85(14)57(38-48-25-29-49(71)30-26-48)68(96)81(10)39-58(87)76-52(63(91)77-53)32-28-47-27-31-50(51(72)36-47)70(73,74)75/h19-23,25-27,29-31,36,42-45,52-57,62H,16-18,24,28,32-35,37-41H2,1-15H3,(H,76,87)(H,77,91)(H,78,92)(H,79,93)/t44-,45+,52-,53-,54-,55-,56-,57-,62-/m0/s1. The van der Waals surface area contributed by atoms with E-state index < -0.39 is 156 Å². The van der Waals surface area contributed by atoms with Gasteiger partial charge in [-0.05, 0) is 97.7 Å². The highest BCUT2D eigenvalue weighted by Crippen LogP contribution is 2.35. The molecule has 9 atom stereocenters. The van der Waals surface area contributed by atoms with E-state index in [0.29, 0.717) is 35.4 Å². The molecule has 1 aliphatic rings. The zero-order valence-corrected chi connectivity index (χ0v) is 60.2. The van der Waals surface area contributed by atoms with E-state index in [4.69, 9.17) is 23.2 Å². The van der Waals surface area contributed by atoms with Crippen molar-refractivity contribution in [2.75, 3.05) is 69.0 Å². The van der Waals surface area contributed by atoms with E-state index in [2.05, 4.69) is 21.3 Å². The van der Waals surface area contributed by atoms with Gasteiger partial charge in [0.15, 0.2) is 0 Å². The zero-order chi connectivity index (χ0) is 72.9. The summed E-state index contributed by atoms with van der Waals surface area (Å²) in [5.41, 5.74) is 0.348. The van der Waals surface area contributed by atoms with Gasteiger partial charge in [0, 0.05) is 79.7 Å². The smallest absolute Gasteiger partial charge is 0.343 e. The summed E-state index contributed by atoms with van der Waals surface area (Å²) in [4.78, 5) is 169. The van der Waals surface area contributed by atoms with Crippen molar-refractivity contribution in [1.82, 2.24) is 55.6 Å². The summed E-state index contributed by atoms with van der Waals surface area (Å²) >= 11 is 12.3. The molecule has 22 nitrogen and oxygen atoms in total. The third kappa shape index (κ3) is 24.3. The number of carbonyl (C=O) groups excluding carboxylic acids is 11. The molecule has 97 heavy (non-hydrogen) atoms. The molecule has 0 unspecified atom stereocenters. The minimum atomic E-state index is -4.78. The Morgan fingerprint density at radius 2 is 1.05 bits per heavy atom. The monoisotopic (exact) mass is 1400 g/mol. The number of nitrogens with one attached hydrogen (secondary N) is 4. The Morgan fingerprint density at radius 3 is 1.63 bits per heavy atom. The maximum atomic E-state index is 15.2. The largest absolute Gasteiger partial charge is 0.417 e. The fraction of sp³-hybridized carbons (Fsp3) is 0.586. The number of halogens is 5. The minimum Gasteiger partial charge on any atom is -0.343 e. The lowest BCUT2D eigenvalue weighted by Gasteiger charge is -2.35. The molecule has 0 radical (unpaired) electrons. The zero-order valence-electron chi connectivity index (χ0n) is 58.7. The molecule has 0 bridgehead atoms. The molecule has 536 valence electrons. The Bertz CT molecular complexity index is 3220. The summed E-state index contributed by atoms with van der Waals surface area (Å²) in [5, 5.41) is 11.0. The van der Waals surface area contributed by atoms with Crippen LogP contribution in [0.1, 0.15) is 129 Å². The van der Waals surface area contributed by atoms with Crippen LogP contribution in [0, 0.1) is 17.8 Å². The van der Waals surface area contributed by atoms with Gasteiger partial charge in [0.25, 0.3) is 0 Å². The van der Waals surface area contributed by atoms with Crippen molar-refractivity contribution >= 4 is 88.2 Å². The van der Waals surface area contributed by atoms with Crippen LogP contribution in [-0.4, -0.2) is 217 Å². The molecule has 4 rings (SSSR count). The van der Waals surface area contributed by atoms with Crippen LogP contribution < -0.4 is 21.3 Å². The van der Waals surface area contributed by atoms with Crippen LogP contribution in [0.3, 0.4) is 0 Å². The van der Waals surface area contributed by atoms with Gasteiger partial charge in [0.1, 0.15) is 42.3 Å². The number of nitrogens with zero attached hydrogens (tertiary/aromatic N) is 7. The number of aryl methyl sites for hydroxylation is 1. The predicted molar refractivity (Wildman–Crippen MR) is 365 cm³/mol. The van der Waals surface area contributed by atoms with Gasteiger partial charge in [-0.2, -0.15) is 13.2 Å². The molecule has 27 heteroatoms. The quantitative estimate of drug-likeness (QED) is 0.116. The van der Waals surface area contributed by atoms with E-state index in [9.17, 15) is 56.3 Å². The van der Waals surface area contributed by atoms with E-state index in [1.807, 2.05) is 41.5 Å². The highest BCUT2D eigenvalue weighted by molar-refractivity contribution is 6.31. The van der Waals surface area contributed by atoms with Crippen molar-refractivity contribution in [2.45, 2.75) is 181 Å². The Morgan fingerprint density at radius 1 is 0.515 bits per heavy atom. The lowest BCUT2D eigenvalue weighted by Crippen LogP contribution is -2.60. The molecular weight excluding hydrogens is 1300 g/mol. The fourth-order valence-corrected chi connectivity index (χ4v) is 11.7. The molecule has 0 aromatic heterocycles. The van der Waals surface area contributed by atoms with Gasteiger partial charge in [-0.3, -0.25) is 52.7 Å². The van der Waals surface area contributed by atoms with Gasteiger partial charge in [-0.25, -0.2) is 0 Å². The second-order valence-electron chi connectivity index (χ2n) is 26.5. The van der Waals surface area contributed by atoms with E-state index in [1.165, 1.54) is 70.1 Å². The van der Waals surface area contributed by atoms with Crippen LogP contribution in [0.25, 0.3) is 0 Å². The Kier molecular flexibility index (Phi) is 31.8. The number of carbonyl (C=O) groups is 11. The third-order valence-electron chi connectivity index (χ3n) is 17.8. The first-order chi connectivity index (χ1) is 45.4. The van der Waals surface area contributed by atoms with E-state index >= 15 is 9.59 Å². The number of benzene rings is 3. The number of alkyl halides is 3. The number of hydrogen-bond donors (Lipinski definition) is 4. The number of amides is 11. The van der Waals surface area contributed by atoms with Gasteiger partial charge < -0.3 is 55.6 Å². The maximum absolute atomic E-state index is 15.2. The van der Waals surface area contributed by atoms with Gasteiger partial charge in [0.05, 0.1) is 30.2 Å². The molecular formula is C70H100Cl2F3N11O11. The fourth-order valence-electron chi connectivity index (χ4n) is 11.3. The van der Waals surface area contributed by atoms with E-state index in [1.54, 1.807) is 68.4 Å². The average Bonchev–Trinajstić information content (AvgIpc) is 0.885. The Labute approximate surface area is 579 Å². The molecule has 1 saturated heterocycles. The molecule has 11 amide bonds. The predicted octanol–water partition coefficient (Wildman–Crippen LogP) is 6.80. The van der Waals surface area contributed by atoms with Crippen LogP contribution >= 0.6 is 23.2 Å². The van der Waals surface area contributed by atoms with Gasteiger partial charge in [-0.1, -0.05) is 139 Å². The van der Waals surface area contributed by atoms with Gasteiger partial charge in [-0.15, -0.1) is 0 Å². The van der Waals surface area contributed by atoms with Crippen molar-refractivity contribution in [1.29, 1.82) is 0 Å². The normalized spacial score (nSPS) is 23.0. The molecule has 0 aliphatic carbocycles. The average molecular weight is 1400 g/mol. The molecule has 1 heterocycles. The maximum Gasteiger partial charge on any atom is 0.417 e. The summed E-state index contributed by atoms with van der Waals surface area (Å²) < 4.78 is 41.5. The van der Waals surface area contributed by atoms with Crippen molar-refractivity contribution in [3.8, 4) is 0 Å². The number of rotatable bonds is 16. The lowest BCUT2D eigenvalue weighted by atomic mass is 9.95. The molecule has 1 fully saturated rings. The highest BCUT2D eigenvalue weighted by Gasteiger charge is 2.40. The van der Waals surface area contributed by atoms with E-state index in [-0.39, 0.29) is 68.8 Å². The molecule has 0 saturated carbocycles. The van der Waals surface area contributed by atoms with Crippen molar-refractivity contribution in [3.63, 3.8) is 0 Å². The number of hydrogen-bond acceptors (Lipinski definition) is 11. The minimum absolute atomic E-state index is 0.0337. The first kappa shape index (κ1) is 81.6. The Balaban J connectivity index is 1.89. The molecule has 4 N–H and O–H groups in total. The van der Waals surface area contributed by atoms with Crippen molar-refractivity contribution in [2.24, 2.45) is 17.8 Å². The molecule has 0 spiro atoms. The van der Waals surface area contributed by atoms with Gasteiger partial charge >= 0.3 is 6.18 Å². The summed E-state index contributed by atoms with van der Waals surface area (Å²) in [6.45, 7) is 12.7. The summed E-state index contributed by atoms with van der Waals surface area (Å²) in [5.74, 6) is -8.50. The van der Waals surface area contributed by atoms with Gasteiger partial charge in [0.2, 0.25) is 65.0 Å². The summed E-state index contributed by atoms with van der Waals surface area (Å²) in [6.07, 6.45) is -3.95. The summed E-state index contributed by atoms with van der Waals surface area (Å²) in [6, 6.07) is 8.52. The second-order valence-corrected chi connectivity index (χ2v) is 27.4. The number of likely N-dealkylation sites (N-methyl/N-ethyl adjacent to an activating group) is 7. The second kappa shape index (κ2) is 37.8. The first-order valence-corrected chi connectivity index (χ1v) is 33.8. The summed E-state index contributed by atoms with van der Waals surface area (Å²) in [7, 11) is 9.70. The van der Waals surface area contributed by atoms with Crippen LogP contribution in [0.4, 0.5) is 13.2 Å². The topological polar surface area (TPSA) is 259 Å². The van der Waals surface area contributed by atoms with Crippen LogP contribution in [0.5, 0.6) is 0 Å². The molecule has 3 aromatic rings. The van der Waals surface area contributed by atoms with Crippen LogP contribution in [-0.2, 0) is 78.2 Å². The van der Waals surface area contributed by atoms with Crippen LogP contribution in [0.2, 0.25) is 10.0 Å². The molecule has 3 aromatic carbocycles. The SMILES string of the molecule is CCCC[C@@H]1NC(=O)[C@H](CCc2ccc(C(F)(F)F)c(Cl)c2)NC(=O)CN(C)C(=O)[C@H](Cc2ccc(Cl)cc2)N(C)C(=O)CN(C)C(=O)CN(C)C(=O)[C@H]([C@@H](C)CC)NC(=O)[C@H](CC(C)C)N(C)C(=O)C[C@@H](C)N(C)C(=O)[C@H](CC(C)C)NC(=O)[C@H](Cc2ccccc2)N(C)C1=O. The molecule has 1 aliphatic heterocycles. The number of unbranched alkanes of at least 4 members (excludes halogenated alkanes) is 1. The Hall–Kier alpha value is -7.80. The van der Waals surface area contributed by atoms with Crippen molar-refractivity contribution < 1.29 is 65.9 Å². The highest BCUT2D eigenvalue weighted by atomic mass is 35.5. The third-order valence-corrected chi connectivity index (χ3v) is 18.4. The first-order valence-electron chi connectivity index (χ1n) is 33.0. The van der Waals surface area contributed by atoms with Crippen molar-refractivity contribution in [3.05, 3.63) is 105 Å². The van der Waals surface area contributed by atoms with E-state index in [0.717, 1.165) is 31.7 Å². The van der Waals surface area contributed by atoms with Crippen LogP contribution in [0.15, 0.2) is 72.8 Å². The lowest BCUT2D eigenvalue weighted by molar-refractivity contribution is -0.148.